The van der Waals surface area contributed by atoms with Crippen molar-refractivity contribution in [2.45, 2.75) is 38.8 Å². The van der Waals surface area contributed by atoms with Crippen LogP contribution in [0.15, 0.2) is 18.2 Å². The van der Waals surface area contributed by atoms with Crippen molar-refractivity contribution < 1.29 is 4.74 Å². The average Bonchev–Trinajstić information content (AvgIpc) is 2.75. The maximum absolute atomic E-state index is 5.78. The molecule has 2 atom stereocenters. The monoisotopic (exact) mass is 219 g/mol. The van der Waals surface area contributed by atoms with E-state index in [1.807, 2.05) is 7.05 Å². The molecule has 1 heterocycles. The van der Waals surface area contributed by atoms with E-state index in [4.69, 9.17) is 4.74 Å². The van der Waals surface area contributed by atoms with Crippen LogP contribution in [0, 0.1) is 13.8 Å². The minimum absolute atomic E-state index is 0.336. The number of likely N-dealkylation sites (N-methyl/N-ethyl adjacent to an activating group) is 1. The van der Waals surface area contributed by atoms with Crippen LogP contribution in [0.5, 0.6) is 0 Å². The molecule has 0 radical (unpaired) electrons. The van der Waals surface area contributed by atoms with Gasteiger partial charge in [0.25, 0.3) is 0 Å². The summed E-state index contributed by atoms with van der Waals surface area (Å²) in [5.74, 6) is 0. The van der Waals surface area contributed by atoms with Crippen LogP contribution in [0.3, 0.4) is 0 Å². The number of nitrogens with one attached hydrogen (secondary N) is 1. The van der Waals surface area contributed by atoms with Gasteiger partial charge in [-0.05, 0) is 44.9 Å². The molecule has 2 nitrogen and oxygen atoms in total. The summed E-state index contributed by atoms with van der Waals surface area (Å²) in [6, 6.07) is 6.99. The van der Waals surface area contributed by atoms with Crippen molar-refractivity contribution in [3.63, 3.8) is 0 Å². The number of ether oxygens (including phenoxy) is 1. The molecule has 0 aliphatic carbocycles. The topological polar surface area (TPSA) is 21.3 Å². The van der Waals surface area contributed by atoms with Crippen molar-refractivity contribution in [2.75, 3.05) is 13.7 Å². The van der Waals surface area contributed by atoms with Gasteiger partial charge in [-0.15, -0.1) is 0 Å². The highest BCUT2D eigenvalue weighted by atomic mass is 16.5. The summed E-state index contributed by atoms with van der Waals surface area (Å²) in [6.45, 7) is 5.23. The molecule has 1 aromatic carbocycles. The SMILES string of the molecule is CNC(c1ccc(C)cc1C)C1CCCO1. The van der Waals surface area contributed by atoms with Crippen molar-refractivity contribution in [1.82, 2.24) is 5.32 Å². The molecule has 2 heteroatoms. The molecule has 88 valence electrons. The molecular weight excluding hydrogens is 198 g/mol. The zero-order chi connectivity index (χ0) is 11.5. The summed E-state index contributed by atoms with van der Waals surface area (Å²) >= 11 is 0. The third-order valence-corrected chi connectivity index (χ3v) is 3.41. The Balaban J connectivity index is 2.25. The first-order valence-corrected chi connectivity index (χ1v) is 6.08. The molecule has 1 aromatic rings. The summed E-state index contributed by atoms with van der Waals surface area (Å²) in [6.07, 6.45) is 2.69. The molecule has 16 heavy (non-hydrogen) atoms. The molecular formula is C14H21NO. The normalized spacial score (nSPS) is 22.3. The van der Waals surface area contributed by atoms with Gasteiger partial charge >= 0.3 is 0 Å². The maximum Gasteiger partial charge on any atom is 0.0770 e. The van der Waals surface area contributed by atoms with E-state index in [1.54, 1.807) is 0 Å². The van der Waals surface area contributed by atoms with E-state index in [0.717, 1.165) is 6.61 Å². The summed E-state index contributed by atoms with van der Waals surface area (Å²) in [4.78, 5) is 0. The van der Waals surface area contributed by atoms with Gasteiger partial charge in [0.15, 0.2) is 0 Å². The molecule has 0 aromatic heterocycles. The molecule has 1 aliphatic rings. The smallest absolute Gasteiger partial charge is 0.0770 e. The largest absolute Gasteiger partial charge is 0.376 e. The Bertz CT molecular complexity index is 356. The zero-order valence-corrected chi connectivity index (χ0v) is 10.4. The quantitative estimate of drug-likeness (QED) is 0.844. The van der Waals surface area contributed by atoms with Crippen LogP contribution in [0.4, 0.5) is 0 Å². The van der Waals surface area contributed by atoms with Gasteiger partial charge in [0.1, 0.15) is 0 Å². The number of hydrogen-bond acceptors (Lipinski definition) is 2. The van der Waals surface area contributed by atoms with Crippen LogP contribution in [0.2, 0.25) is 0 Å². The van der Waals surface area contributed by atoms with Gasteiger partial charge in [-0.3, -0.25) is 0 Å². The standard InChI is InChI=1S/C14H21NO/c1-10-6-7-12(11(2)9-10)14(15-3)13-5-4-8-16-13/h6-7,9,13-15H,4-5,8H2,1-3H3. The second kappa shape index (κ2) is 4.98. The van der Waals surface area contributed by atoms with E-state index >= 15 is 0 Å². The van der Waals surface area contributed by atoms with E-state index in [9.17, 15) is 0 Å². The molecule has 1 fully saturated rings. The number of hydrogen-bond donors (Lipinski definition) is 1. The molecule has 1 aliphatic heterocycles. The van der Waals surface area contributed by atoms with Gasteiger partial charge in [0.05, 0.1) is 12.1 Å². The number of rotatable bonds is 3. The Kier molecular flexibility index (Phi) is 3.62. The third kappa shape index (κ3) is 2.28. The van der Waals surface area contributed by atoms with Crippen LogP contribution in [-0.4, -0.2) is 19.8 Å². The average molecular weight is 219 g/mol. The Hall–Kier alpha value is -0.860. The molecule has 2 unspecified atom stereocenters. The fourth-order valence-electron chi connectivity index (χ4n) is 2.58. The first-order chi connectivity index (χ1) is 7.72. The molecule has 0 amide bonds. The molecule has 0 spiro atoms. The van der Waals surface area contributed by atoms with E-state index in [-0.39, 0.29) is 0 Å². The van der Waals surface area contributed by atoms with Gasteiger partial charge in [-0.1, -0.05) is 23.8 Å². The Morgan fingerprint density at radius 2 is 2.19 bits per heavy atom. The summed E-state index contributed by atoms with van der Waals surface area (Å²) in [5, 5.41) is 3.40. The van der Waals surface area contributed by atoms with Gasteiger partial charge in [-0.2, -0.15) is 0 Å². The summed E-state index contributed by atoms with van der Waals surface area (Å²) in [7, 11) is 2.02. The van der Waals surface area contributed by atoms with E-state index in [2.05, 4.69) is 37.4 Å². The summed E-state index contributed by atoms with van der Waals surface area (Å²) < 4.78 is 5.78. The van der Waals surface area contributed by atoms with Gasteiger partial charge in [0.2, 0.25) is 0 Å². The zero-order valence-electron chi connectivity index (χ0n) is 10.4. The van der Waals surface area contributed by atoms with E-state index < -0.39 is 0 Å². The predicted octanol–water partition coefficient (Wildman–Crippen LogP) is 2.74. The van der Waals surface area contributed by atoms with E-state index in [1.165, 1.54) is 29.5 Å². The Labute approximate surface area is 98.0 Å². The predicted molar refractivity (Wildman–Crippen MR) is 66.7 cm³/mol. The van der Waals surface area contributed by atoms with Crippen molar-refractivity contribution in [1.29, 1.82) is 0 Å². The highest BCUT2D eigenvalue weighted by Crippen LogP contribution is 2.28. The molecule has 2 rings (SSSR count). The van der Waals surface area contributed by atoms with Crippen LogP contribution in [-0.2, 0) is 4.74 Å². The van der Waals surface area contributed by atoms with Gasteiger partial charge in [0, 0.05) is 6.61 Å². The minimum Gasteiger partial charge on any atom is -0.376 e. The van der Waals surface area contributed by atoms with Crippen molar-refractivity contribution in [3.05, 3.63) is 34.9 Å². The van der Waals surface area contributed by atoms with Crippen LogP contribution < -0.4 is 5.32 Å². The first kappa shape index (κ1) is 11.6. The Morgan fingerprint density at radius 3 is 2.75 bits per heavy atom. The van der Waals surface area contributed by atoms with Crippen LogP contribution in [0.25, 0.3) is 0 Å². The lowest BCUT2D eigenvalue weighted by atomic mass is 9.94. The lowest BCUT2D eigenvalue weighted by Crippen LogP contribution is -2.29. The second-order valence-corrected chi connectivity index (χ2v) is 4.68. The van der Waals surface area contributed by atoms with Crippen LogP contribution >= 0.6 is 0 Å². The Morgan fingerprint density at radius 1 is 1.38 bits per heavy atom. The molecule has 0 saturated carbocycles. The number of benzene rings is 1. The van der Waals surface area contributed by atoms with Crippen molar-refractivity contribution >= 4 is 0 Å². The van der Waals surface area contributed by atoms with E-state index in [0.29, 0.717) is 12.1 Å². The van der Waals surface area contributed by atoms with Crippen LogP contribution in [0.1, 0.15) is 35.6 Å². The summed E-state index contributed by atoms with van der Waals surface area (Å²) in [5.41, 5.74) is 4.05. The lowest BCUT2D eigenvalue weighted by molar-refractivity contribution is 0.0806. The number of aryl methyl sites for hydroxylation is 2. The fourth-order valence-corrected chi connectivity index (χ4v) is 2.58. The van der Waals surface area contributed by atoms with Gasteiger partial charge < -0.3 is 10.1 Å². The lowest BCUT2D eigenvalue weighted by Gasteiger charge is -2.24. The highest BCUT2D eigenvalue weighted by molar-refractivity contribution is 5.33. The highest BCUT2D eigenvalue weighted by Gasteiger charge is 2.26. The molecule has 1 saturated heterocycles. The fraction of sp³-hybridized carbons (Fsp3) is 0.571. The second-order valence-electron chi connectivity index (χ2n) is 4.68. The minimum atomic E-state index is 0.336. The maximum atomic E-state index is 5.78. The van der Waals surface area contributed by atoms with Crippen molar-refractivity contribution in [2.24, 2.45) is 0 Å². The molecule has 1 N–H and O–H groups in total. The molecule has 0 bridgehead atoms. The first-order valence-electron chi connectivity index (χ1n) is 6.08. The van der Waals surface area contributed by atoms with Crippen molar-refractivity contribution in [3.8, 4) is 0 Å². The van der Waals surface area contributed by atoms with Gasteiger partial charge in [-0.25, -0.2) is 0 Å². The third-order valence-electron chi connectivity index (χ3n) is 3.41.